The average molecular weight is 410 g/mol. The number of ether oxygens (including phenoxy) is 3. The second kappa shape index (κ2) is 9.03. The Labute approximate surface area is 158 Å². The SMILES string of the molecule is C=C(C)C(=O)OCCOc1ccc(C(=O)OC(C(C)(F)F)C(F)(F)F)cc1C. The van der Waals surface area contributed by atoms with Gasteiger partial charge in [-0.3, -0.25) is 0 Å². The van der Waals surface area contributed by atoms with Crippen LogP contribution in [0.25, 0.3) is 0 Å². The van der Waals surface area contributed by atoms with Crippen LogP contribution in [0.1, 0.15) is 29.8 Å². The summed E-state index contributed by atoms with van der Waals surface area (Å²) < 4.78 is 78.5. The van der Waals surface area contributed by atoms with Gasteiger partial charge in [0.05, 0.1) is 5.56 Å². The summed E-state index contributed by atoms with van der Waals surface area (Å²) in [6, 6.07) is 3.48. The third kappa shape index (κ3) is 6.82. The molecule has 10 heteroatoms. The van der Waals surface area contributed by atoms with Crippen LogP contribution in [-0.2, 0) is 14.3 Å². The first-order chi connectivity index (χ1) is 12.7. The molecule has 0 spiro atoms. The molecule has 1 atom stereocenters. The van der Waals surface area contributed by atoms with Crippen molar-refractivity contribution in [2.75, 3.05) is 13.2 Å². The van der Waals surface area contributed by atoms with Gasteiger partial charge in [-0.15, -0.1) is 0 Å². The standard InChI is InChI=1S/C18H19F5O5/c1-10(2)14(24)27-8-7-26-13-6-5-12(9-11(13)3)15(25)28-16(17(4,19)20)18(21,22)23/h5-6,9,16H,1,7-8H2,2-4H3. The molecule has 1 rings (SSSR count). The Morgan fingerprint density at radius 3 is 2.21 bits per heavy atom. The van der Waals surface area contributed by atoms with E-state index in [0.29, 0.717) is 5.56 Å². The van der Waals surface area contributed by atoms with E-state index in [-0.39, 0.29) is 37.0 Å². The lowest BCUT2D eigenvalue weighted by Crippen LogP contribution is -2.46. The molecule has 5 nitrogen and oxygen atoms in total. The second-order valence-electron chi connectivity index (χ2n) is 6.03. The van der Waals surface area contributed by atoms with Gasteiger partial charge in [0.15, 0.2) is 0 Å². The van der Waals surface area contributed by atoms with Crippen LogP contribution in [0.2, 0.25) is 0 Å². The van der Waals surface area contributed by atoms with Crippen molar-refractivity contribution in [3.63, 3.8) is 0 Å². The first-order valence-electron chi connectivity index (χ1n) is 7.95. The number of alkyl halides is 5. The minimum absolute atomic E-state index is 0.0152. The fourth-order valence-electron chi connectivity index (χ4n) is 1.98. The fourth-order valence-corrected chi connectivity index (χ4v) is 1.98. The van der Waals surface area contributed by atoms with Crippen LogP contribution in [0.15, 0.2) is 30.4 Å². The van der Waals surface area contributed by atoms with Crippen molar-refractivity contribution >= 4 is 11.9 Å². The molecule has 0 aliphatic carbocycles. The molecule has 0 bridgehead atoms. The normalized spacial score (nSPS) is 12.9. The smallest absolute Gasteiger partial charge is 0.431 e. The van der Waals surface area contributed by atoms with Gasteiger partial charge in [-0.05, 0) is 37.6 Å². The lowest BCUT2D eigenvalue weighted by Gasteiger charge is -2.25. The highest BCUT2D eigenvalue weighted by Crippen LogP contribution is 2.35. The Hall–Kier alpha value is -2.65. The number of hydrogen-bond donors (Lipinski definition) is 0. The number of hydrogen-bond acceptors (Lipinski definition) is 5. The first-order valence-corrected chi connectivity index (χ1v) is 7.95. The van der Waals surface area contributed by atoms with Crippen LogP contribution in [0.5, 0.6) is 5.75 Å². The Morgan fingerprint density at radius 1 is 1.14 bits per heavy atom. The van der Waals surface area contributed by atoms with Crippen molar-refractivity contribution in [3.8, 4) is 5.75 Å². The Kier molecular flexibility index (Phi) is 7.54. The van der Waals surface area contributed by atoms with E-state index in [9.17, 15) is 31.5 Å². The van der Waals surface area contributed by atoms with E-state index in [4.69, 9.17) is 9.47 Å². The number of aryl methyl sites for hydroxylation is 1. The zero-order valence-corrected chi connectivity index (χ0v) is 15.4. The van der Waals surface area contributed by atoms with Crippen LogP contribution in [0, 0.1) is 6.92 Å². The molecule has 0 fully saturated rings. The maximum atomic E-state index is 13.1. The van der Waals surface area contributed by atoms with E-state index in [1.54, 1.807) is 0 Å². The predicted octanol–water partition coefficient (Wildman–Crippen LogP) is 4.24. The number of carbonyl (C=O) groups excluding carboxylic acids is 2. The third-order valence-corrected chi connectivity index (χ3v) is 3.32. The summed E-state index contributed by atoms with van der Waals surface area (Å²) in [7, 11) is 0. The van der Waals surface area contributed by atoms with Crippen molar-refractivity contribution in [3.05, 3.63) is 41.5 Å². The van der Waals surface area contributed by atoms with Gasteiger partial charge in [0, 0.05) is 12.5 Å². The molecule has 0 aliphatic heterocycles. The lowest BCUT2D eigenvalue weighted by atomic mass is 10.1. The monoisotopic (exact) mass is 410 g/mol. The second-order valence-corrected chi connectivity index (χ2v) is 6.03. The summed E-state index contributed by atoms with van der Waals surface area (Å²) in [5.41, 5.74) is 0.207. The van der Waals surface area contributed by atoms with E-state index >= 15 is 0 Å². The van der Waals surface area contributed by atoms with E-state index in [1.165, 1.54) is 19.9 Å². The summed E-state index contributed by atoms with van der Waals surface area (Å²) in [5.74, 6) is -6.18. The Balaban J connectivity index is 2.76. The molecule has 1 aromatic rings. The Bertz CT molecular complexity index is 723. The van der Waals surface area contributed by atoms with Gasteiger partial charge in [-0.25, -0.2) is 18.4 Å². The highest BCUT2D eigenvalue weighted by atomic mass is 19.4. The van der Waals surface area contributed by atoms with Gasteiger partial charge in [-0.2, -0.15) is 13.2 Å². The minimum Gasteiger partial charge on any atom is -0.490 e. The number of benzene rings is 1. The summed E-state index contributed by atoms with van der Waals surface area (Å²) in [6.45, 7) is 6.28. The molecule has 0 radical (unpaired) electrons. The molecular formula is C18H19F5O5. The molecule has 0 saturated heterocycles. The Morgan fingerprint density at radius 2 is 1.75 bits per heavy atom. The molecule has 0 N–H and O–H groups in total. The van der Waals surface area contributed by atoms with Crippen LogP contribution in [-0.4, -0.2) is 43.4 Å². The van der Waals surface area contributed by atoms with Gasteiger partial charge >= 0.3 is 18.1 Å². The first kappa shape index (κ1) is 23.4. The topological polar surface area (TPSA) is 61.8 Å². The maximum Gasteiger partial charge on any atom is 0.431 e. The summed E-state index contributed by atoms with van der Waals surface area (Å²) in [5, 5.41) is 0. The summed E-state index contributed by atoms with van der Waals surface area (Å²) in [6.07, 6.45) is -8.99. The highest BCUT2D eigenvalue weighted by molar-refractivity contribution is 5.90. The van der Waals surface area contributed by atoms with Crippen molar-refractivity contribution < 1.29 is 45.8 Å². The molecule has 0 saturated carbocycles. The van der Waals surface area contributed by atoms with Gasteiger partial charge in [0.2, 0.25) is 0 Å². The van der Waals surface area contributed by atoms with Gasteiger partial charge in [0.1, 0.15) is 19.0 Å². The number of halogens is 5. The lowest BCUT2D eigenvalue weighted by molar-refractivity contribution is -0.263. The van der Waals surface area contributed by atoms with Gasteiger partial charge in [-0.1, -0.05) is 6.58 Å². The third-order valence-electron chi connectivity index (χ3n) is 3.32. The van der Waals surface area contributed by atoms with Crippen LogP contribution in [0.3, 0.4) is 0 Å². The molecule has 156 valence electrons. The number of esters is 2. The molecule has 1 aromatic carbocycles. The van der Waals surface area contributed by atoms with Gasteiger partial charge < -0.3 is 14.2 Å². The van der Waals surface area contributed by atoms with Gasteiger partial charge in [0.25, 0.3) is 12.0 Å². The minimum atomic E-state index is -5.42. The number of carbonyl (C=O) groups is 2. The molecular weight excluding hydrogens is 391 g/mol. The van der Waals surface area contributed by atoms with Crippen LogP contribution in [0.4, 0.5) is 22.0 Å². The van der Waals surface area contributed by atoms with E-state index in [1.807, 2.05) is 0 Å². The van der Waals surface area contributed by atoms with E-state index in [2.05, 4.69) is 11.3 Å². The summed E-state index contributed by atoms with van der Waals surface area (Å²) >= 11 is 0. The highest BCUT2D eigenvalue weighted by Gasteiger charge is 2.56. The molecule has 1 unspecified atom stereocenters. The molecule has 0 heterocycles. The van der Waals surface area contributed by atoms with Crippen molar-refractivity contribution in [2.24, 2.45) is 0 Å². The quantitative estimate of drug-likeness (QED) is 0.278. The van der Waals surface area contributed by atoms with Crippen molar-refractivity contribution in [1.82, 2.24) is 0 Å². The zero-order chi connectivity index (χ0) is 21.7. The fraction of sp³-hybridized carbons (Fsp3) is 0.444. The van der Waals surface area contributed by atoms with Crippen LogP contribution < -0.4 is 4.74 Å². The molecule has 0 aromatic heterocycles. The largest absolute Gasteiger partial charge is 0.490 e. The van der Waals surface area contributed by atoms with E-state index in [0.717, 1.165) is 12.1 Å². The molecule has 28 heavy (non-hydrogen) atoms. The zero-order valence-electron chi connectivity index (χ0n) is 15.4. The molecule has 0 aliphatic rings. The predicted molar refractivity (Wildman–Crippen MR) is 88.3 cm³/mol. The maximum absolute atomic E-state index is 13.1. The van der Waals surface area contributed by atoms with Crippen molar-refractivity contribution in [1.29, 1.82) is 0 Å². The van der Waals surface area contributed by atoms with E-state index < -0.39 is 30.1 Å². The van der Waals surface area contributed by atoms with Crippen LogP contribution >= 0.6 is 0 Å². The molecule has 0 amide bonds. The number of rotatable bonds is 8. The van der Waals surface area contributed by atoms with Crippen molar-refractivity contribution in [2.45, 2.75) is 39.0 Å². The average Bonchev–Trinajstić information content (AvgIpc) is 2.54. The summed E-state index contributed by atoms with van der Waals surface area (Å²) in [4.78, 5) is 23.1.